The van der Waals surface area contributed by atoms with E-state index in [2.05, 4.69) is 5.32 Å². The number of nitrogens with one attached hydrogen (secondary N) is 1. The topological polar surface area (TPSA) is 64.3 Å². The summed E-state index contributed by atoms with van der Waals surface area (Å²) in [7, 11) is 1.54. The lowest BCUT2D eigenvalue weighted by Gasteiger charge is -2.09. The summed E-state index contributed by atoms with van der Waals surface area (Å²) >= 11 is 5.88. The quantitative estimate of drug-likeness (QED) is 0.774. The SMILES string of the molecule is COCCC(=O)Nc1c(N)cccc1Cl. The van der Waals surface area contributed by atoms with Gasteiger partial charge >= 0.3 is 0 Å². The fourth-order valence-electron chi connectivity index (χ4n) is 1.07. The molecule has 0 heterocycles. The van der Waals surface area contributed by atoms with Gasteiger partial charge in [0.25, 0.3) is 0 Å². The molecule has 0 radical (unpaired) electrons. The molecule has 15 heavy (non-hydrogen) atoms. The number of hydrogen-bond acceptors (Lipinski definition) is 3. The zero-order valence-corrected chi connectivity index (χ0v) is 9.17. The summed E-state index contributed by atoms with van der Waals surface area (Å²) in [5, 5.41) is 3.07. The highest BCUT2D eigenvalue weighted by molar-refractivity contribution is 6.34. The van der Waals surface area contributed by atoms with Gasteiger partial charge in [-0.25, -0.2) is 0 Å². The lowest BCUT2D eigenvalue weighted by atomic mass is 10.2. The molecule has 0 spiro atoms. The van der Waals surface area contributed by atoms with Gasteiger partial charge in [0.15, 0.2) is 0 Å². The van der Waals surface area contributed by atoms with Crippen molar-refractivity contribution in [3.8, 4) is 0 Å². The maximum Gasteiger partial charge on any atom is 0.226 e. The molecule has 0 fully saturated rings. The molecule has 0 bridgehead atoms. The van der Waals surface area contributed by atoms with Gasteiger partial charge in [-0.1, -0.05) is 17.7 Å². The molecular weight excluding hydrogens is 216 g/mol. The Morgan fingerprint density at radius 1 is 1.60 bits per heavy atom. The van der Waals surface area contributed by atoms with Crippen LogP contribution < -0.4 is 11.1 Å². The van der Waals surface area contributed by atoms with Crippen LogP contribution in [0.2, 0.25) is 5.02 Å². The molecule has 0 aliphatic heterocycles. The highest BCUT2D eigenvalue weighted by atomic mass is 35.5. The van der Waals surface area contributed by atoms with Crippen LogP contribution >= 0.6 is 11.6 Å². The predicted molar refractivity (Wildman–Crippen MR) is 61.0 cm³/mol. The van der Waals surface area contributed by atoms with Crippen molar-refractivity contribution in [3.63, 3.8) is 0 Å². The minimum Gasteiger partial charge on any atom is -0.397 e. The number of amides is 1. The summed E-state index contributed by atoms with van der Waals surface area (Å²) in [6, 6.07) is 5.07. The van der Waals surface area contributed by atoms with Crippen molar-refractivity contribution in [2.45, 2.75) is 6.42 Å². The van der Waals surface area contributed by atoms with E-state index in [1.54, 1.807) is 18.2 Å². The predicted octanol–water partition coefficient (Wildman–Crippen LogP) is 1.90. The molecule has 1 aromatic rings. The van der Waals surface area contributed by atoms with E-state index < -0.39 is 0 Å². The minimum absolute atomic E-state index is 0.170. The van der Waals surface area contributed by atoms with E-state index in [0.717, 1.165) is 0 Å². The van der Waals surface area contributed by atoms with Crippen molar-refractivity contribution < 1.29 is 9.53 Å². The number of carbonyl (C=O) groups excluding carboxylic acids is 1. The molecule has 1 rings (SSSR count). The number of ether oxygens (including phenoxy) is 1. The molecule has 0 aromatic heterocycles. The van der Waals surface area contributed by atoms with Crippen LogP contribution in [0.15, 0.2) is 18.2 Å². The van der Waals surface area contributed by atoms with Crippen LogP contribution in [-0.2, 0) is 9.53 Å². The number of para-hydroxylation sites is 1. The van der Waals surface area contributed by atoms with E-state index >= 15 is 0 Å². The lowest BCUT2D eigenvalue weighted by molar-refractivity contribution is -0.117. The molecule has 5 heteroatoms. The molecule has 4 nitrogen and oxygen atoms in total. The van der Waals surface area contributed by atoms with Gasteiger partial charge < -0.3 is 15.8 Å². The number of hydrogen-bond donors (Lipinski definition) is 2. The van der Waals surface area contributed by atoms with Crippen LogP contribution in [0.25, 0.3) is 0 Å². The highest BCUT2D eigenvalue weighted by Gasteiger charge is 2.08. The first kappa shape index (κ1) is 11.8. The smallest absolute Gasteiger partial charge is 0.226 e. The summed E-state index contributed by atoms with van der Waals surface area (Å²) in [6.07, 6.45) is 0.279. The lowest BCUT2D eigenvalue weighted by Crippen LogP contribution is -2.15. The molecule has 0 saturated carbocycles. The third-order valence-corrected chi connectivity index (χ3v) is 2.16. The van der Waals surface area contributed by atoms with Gasteiger partial charge in [-0.15, -0.1) is 0 Å². The van der Waals surface area contributed by atoms with Crippen LogP contribution in [0.5, 0.6) is 0 Å². The first-order chi connectivity index (χ1) is 7.15. The van der Waals surface area contributed by atoms with Gasteiger partial charge in [-0.05, 0) is 12.1 Å². The maximum atomic E-state index is 11.4. The van der Waals surface area contributed by atoms with Crippen LogP contribution in [-0.4, -0.2) is 19.6 Å². The van der Waals surface area contributed by atoms with Crippen molar-refractivity contribution in [2.75, 3.05) is 24.8 Å². The van der Waals surface area contributed by atoms with Crippen molar-refractivity contribution in [2.24, 2.45) is 0 Å². The first-order valence-electron chi connectivity index (χ1n) is 4.48. The van der Waals surface area contributed by atoms with Crippen molar-refractivity contribution in [3.05, 3.63) is 23.2 Å². The third kappa shape index (κ3) is 3.42. The monoisotopic (exact) mass is 228 g/mol. The average Bonchev–Trinajstić information content (AvgIpc) is 2.21. The summed E-state index contributed by atoms with van der Waals surface area (Å²) < 4.78 is 4.79. The molecule has 82 valence electrons. The van der Waals surface area contributed by atoms with Crippen LogP contribution in [0.3, 0.4) is 0 Å². The number of benzene rings is 1. The zero-order chi connectivity index (χ0) is 11.3. The van der Waals surface area contributed by atoms with Crippen molar-refractivity contribution in [1.82, 2.24) is 0 Å². The van der Waals surface area contributed by atoms with Crippen molar-refractivity contribution in [1.29, 1.82) is 0 Å². The second-order valence-corrected chi connectivity index (χ2v) is 3.40. The molecule has 1 aromatic carbocycles. The van der Waals surface area contributed by atoms with E-state index in [4.69, 9.17) is 22.1 Å². The number of anilines is 2. The van der Waals surface area contributed by atoms with E-state index in [1.807, 2.05) is 0 Å². The number of nitrogen functional groups attached to an aromatic ring is 1. The van der Waals surface area contributed by atoms with Gasteiger partial charge in [-0.3, -0.25) is 4.79 Å². The molecule has 3 N–H and O–H groups in total. The Morgan fingerprint density at radius 2 is 2.33 bits per heavy atom. The van der Waals surface area contributed by atoms with E-state index in [0.29, 0.717) is 23.0 Å². The summed E-state index contributed by atoms with van der Waals surface area (Å²) in [5.74, 6) is -0.170. The maximum absolute atomic E-state index is 11.4. The van der Waals surface area contributed by atoms with E-state index in [1.165, 1.54) is 7.11 Å². The Hall–Kier alpha value is -1.26. The largest absolute Gasteiger partial charge is 0.397 e. The van der Waals surface area contributed by atoms with Crippen molar-refractivity contribution >= 4 is 28.9 Å². The molecule has 0 aliphatic carbocycles. The number of carbonyl (C=O) groups is 1. The second kappa shape index (κ2) is 5.58. The summed E-state index contributed by atoms with van der Waals surface area (Å²) in [4.78, 5) is 11.4. The fraction of sp³-hybridized carbons (Fsp3) is 0.300. The van der Waals surface area contributed by atoms with Gasteiger partial charge in [0, 0.05) is 7.11 Å². The molecule has 0 aliphatic rings. The Labute approximate surface area is 93.4 Å². The molecule has 1 amide bonds. The fourth-order valence-corrected chi connectivity index (χ4v) is 1.30. The molecule has 0 atom stereocenters. The third-order valence-electron chi connectivity index (χ3n) is 1.84. The van der Waals surface area contributed by atoms with Gasteiger partial charge in [0.1, 0.15) is 0 Å². The number of methoxy groups -OCH3 is 1. The number of nitrogens with two attached hydrogens (primary N) is 1. The molecule has 0 unspecified atom stereocenters. The Kier molecular flexibility index (Phi) is 4.39. The standard InChI is InChI=1S/C10H13ClN2O2/c1-15-6-5-9(14)13-10-7(11)3-2-4-8(10)12/h2-4H,5-6,12H2,1H3,(H,13,14). The number of rotatable bonds is 4. The molecule has 0 saturated heterocycles. The first-order valence-corrected chi connectivity index (χ1v) is 4.85. The van der Waals surface area contributed by atoms with E-state index in [-0.39, 0.29) is 12.3 Å². The van der Waals surface area contributed by atoms with Gasteiger partial charge in [0.05, 0.1) is 29.4 Å². The summed E-state index contributed by atoms with van der Waals surface area (Å²) in [6.45, 7) is 0.371. The van der Waals surface area contributed by atoms with Gasteiger partial charge in [-0.2, -0.15) is 0 Å². The van der Waals surface area contributed by atoms with Crippen LogP contribution in [0.1, 0.15) is 6.42 Å². The highest BCUT2D eigenvalue weighted by Crippen LogP contribution is 2.27. The number of halogens is 1. The Morgan fingerprint density at radius 3 is 2.93 bits per heavy atom. The Balaban J connectivity index is 2.68. The van der Waals surface area contributed by atoms with E-state index in [9.17, 15) is 4.79 Å². The normalized spacial score (nSPS) is 10.0. The zero-order valence-electron chi connectivity index (χ0n) is 8.42. The summed E-state index contributed by atoms with van der Waals surface area (Å²) in [5.41, 5.74) is 6.58. The Bertz CT molecular complexity index is 335. The second-order valence-electron chi connectivity index (χ2n) is 3.00. The minimum atomic E-state index is -0.170. The van der Waals surface area contributed by atoms with Crippen LogP contribution in [0.4, 0.5) is 11.4 Å². The average molecular weight is 229 g/mol. The molecular formula is C10H13ClN2O2. The van der Waals surface area contributed by atoms with Gasteiger partial charge in [0.2, 0.25) is 5.91 Å². The van der Waals surface area contributed by atoms with Crippen LogP contribution in [0, 0.1) is 0 Å².